The van der Waals surface area contributed by atoms with Gasteiger partial charge in [0.25, 0.3) is 17.7 Å². The van der Waals surface area contributed by atoms with E-state index < -0.39 is 0 Å². The van der Waals surface area contributed by atoms with E-state index in [2.05, 4.69) is 16.0 Å². The number of hydrogen-bond acceptors (Lipinski definition) is 3. The van der Waals surface area contributed by atoms with Crippen molar-refractivity contribution in [3.05, 3.63) is 131 Å². The number of benzene rings is 4. The second-order valence-corrected chi connectivity index (χ2v) is 7.89. The monoisotopic (exact) mass is 463 g/mol. The van der Waals surface area contributed by atoms with Gasteiger partial charge in [0.05, 0.1) is 11.3 Å². The number of nitrogens with one attached hydrogen (secondary N) is 3. The molecule has 0 aliphatic carbocycles. The molecular weight excluding hydrogens is 438 g/mol. The van der Waals surface area contributed by atoms with Crippen LogP contribution < -0.4 is 16.0 Å². The number of carbonyl (C=O) groups excluding carboxylic acids is 3. The molecule has 3 amide bonds. The van der Waals surface area contributed by atoms with Crippen LogP contribution >= 0.6 is 0 Å². The lowest BCUT2D eigenvalue weighted by Gasteiger charge is -2.12. The Morgan fingerprint density at radius 1 is 0.543 bits per heavy atom. The summed E-state index contributed by atoms with van der Waals surface area (Å²) in [6.45, 7) is 0.487. The van der Waals surface area contributed by atoms with Crippen molar-refractivity contribution in [2.24, 2.45) is 0 Å². The normalized spacial score (nSPS) is 10.3. The van der Waals surface area contributed by atoms with Crippen molar-refractivity contribution in [2.45, 2.75) is 6.42 Å². The zero-order chi connectivity index (χ0) is 24.5. The van der Waals surface area contributed by atoms with Gasteiger partial charge in [0.2, 0.25) is 0 Å². The van der Waals surface area contributed by atoms with Crippen LogP contribution in [0.25, 0.3) is 0 Å². The maximum absolute atomic E-state index is 12.8. The van der Waals surface area contributed by atoms with Gasteiger partial charge in [-0.2, -0.15) is 0 Å². The molecular formula is C29H25N3O3. The summed E-state index contributed by atoms with van der Waals surface area (Å²) in [5.74, 6) is -0.832. The minimum Gasteiger partial charge on any atom is -0.352 e. The van der Waals surface area contributed by atoms with Crippen LogP contribution in [0.2, 0.25) is 0 Å². The number of rotatable bonds is 8. The Morgan fingerprint density at radius 2 is 1.11 bits per heavy atom. The molecule has 0 spiro atoms. The summed E-state index contributed by atoms with van der Waals surface area (Å²) in [4.78, 5) is 37.9. The van der Waals surface area contributed by atoms with Crippen molar-refractivity contribution in [3.8, 4) is 0 Å². The smallest absolute Gasteiger partial charge is 0.255 e. The quantitative estimate of drug-likeness (QED) is 0.337. The molecule has 0 bridgehead atoms. The van der Waals surface area contributed by atoms with Crippen LogP contribution in [-0.4, -0.2) is 24.3 Å². The summed E-state index contributed by atoms with van der Waals surface area (Å²) in [6, 6.07) is 32.3. The maximum Gasteiger partial charge on any atom is 0.255 e. The molecule has 0 aliphatic heterocycles. The first kappa shape index (κ1) is 23.4. The fourth-order valence-electron chi connectivity index (χ4n) is 3.54. The van der Waals surface area contributed by atoms with Crippen LogP contribution in [0.3, 0.4) is 0 Å². The third-order valence-corrected chi connectivity index (χ3v) is 5.40. The van der Waals surface area contributed by atoms with Crippen molar-refractivity contribution in [1.82, 2.24) is 5.32 Å². The Labute approximate surface area is 204 Å². The third kappa shape index (κ3) is 6.42. The van der Waals surface area contributed by atoms with Gasteiger partial charge < -0.3 is 16.0 Å². The van der Waals surface area contributed by atoms with Crippen LogP contribution in [0.5, 0.6) is 0 Å². The predicted octanol–water partition coefficient (Wildman–Crippen LogP) is 5.16. The zero-order valence-corrected chi connectivity index (χ0v) is 19.0. The van der Waals surface area contributed by atoms with Gasteiger partial charge in [0, 0.05) is 23.4 Å². The van der Waals surface area contributed by atoms with Crippen molar-refractivity contribution < 1.29 is 14.4 Å². The molecule has 0 saturated heterocycles. The summed E-state index contributed by atoms with van der Waals surface area (Å²) >= 11 is 0. The first-order valence-corrected chi connectivity index (χ1v) is 11.3. The standard InChI is InChI=1S/C29H25N3O3/c33-27(22-11-5-2-6-12-22)31-24-17-15-23(16-18-24)28(34)32-26-14-8-7-13-25(26)29(35)30-20-19-21-9-3-1-4-10-21/h1-18H,19-20H2,(H,30,35)(H,31,33)(H,32,34). The van der Waals surface area contributed by atoms with E-state index in [1.807, 2.05) is 36.4 Å². The lowest BCUT2D eigenvalue weighted by atomic mass is 10.1. The second kappa shape index (κ2) is 11.4. The molecule has 35 heavy (non-hydrogen) atoms. The van der Waals surface area contributed by atoms with Crippen LogP contribution in [0.1, 0.15) is 36.6 Å². The largest absolute Gasteiger partial charge is 0.352 e. The molecule has 6 heteroatoms. The van der Waals surface area contributed by atoms with Crippen molar-refractivity contribution in [2.75, 3.05) is 17.2 Å². The molecule has 0 aliphatic rings. The van der Waals surface area contributed by atoms with Gasteiger partial charge in [-0.25, -0.2) is 0 Å². The zero-order valence-electron chi connectivity index (χ0n) is 19.0. The number of anilines is 2. The van der Waals surface area contributed by atoms with E-state index in [0.717, 1.165) is 5.56 Å². The highest BCUT2D eigenvalue weighted by Crippen LogP contribution is 2.18. The molecule has 0 fully saturated rings. The molecule has 4 aromatic carbocycles. The summed E-state index contributed by atoms with van der Waals surface area (Å²) in [5.41, 5.74) is 3.48. The molecule has 0 aromatic heterocycles. The van der Waals surface area contributed by atoms with E-state index in [4.69, 9.17) is 0 Å². The van der Waals surface area contributed by atoms with E-state index in [1.54, 1.807) is 72.8 Å². The molecule has 6 nitrogen and oxygen atoms in total. The lowest BCUT2D eigenvalue weighted by Crippen LogP contribution is -2.27. The number of para-hydroxylation sites is 1. The van der Waals surface area contributed by atoms with Gasteiger partial charge in [-0.1, -0.05) is 60.7 Å². The first-order chi connectivity index (χ1) is 17.1. The molecule has 3 N–H and O–H groups in total. The van der Waals surface area contributed by atoms with Crippen LogP contribution in [0, 0.1) is 0 Å². The van der Waals surface area contributed by atoms with Gasteiger partial charge >= 0.3 is 0 Å². The average Bonchev–Trinajstić information content (AvgIpc) is 2.90. The van der Waals surface area contributed by atoms with E-state index >= 15 is 0 Å². The summed E-state index contributed by atoms with van der Waals surface area (Å²) < 4.78 is 0. The minimum absolute atomic E-state index is 0.227. The number of amides is 3. The average molecular weight is 464 g/mol. The van der Waals surface area contributed by atoms with Gasteiger partial charge in [-0.05, 0) is 60.5 Å². The summed E-state index contributed by atoms with van der Waals surface area (Å²) in [5, 5.41) is 8.53. The van der Waals surface area contributed by atoms with Crippen molar-refractivity contribution >= 4 is 29.1 Å². The lowest BCUT2D eigenvalue weighted by molar-refractivity contribution is 0.0954. The Balaban J connectivity index is 1.36. The molecule has 0 saturated carbocycles. The molecule has 0 atom stereocenters. The Kier molecular flexibility index (Phi) is 7.66. The molecule has 0 heterocycles. The van der Waals surface area contributed by atoms with Crippen molar-refractivity contribution in [1.29, 1.82) is 0 Å². The molecule has 0 unspecified atom stereocenters. The fourth-order valence-corrected chi connectivity index (χ4v) is 3.54. The first-order valence-electron chi connectivity index (χ1n) is 11.3. The molecule has 174 valence electrons. The van der Waals surface area contributed by atoms with Gasteiger partial charge in [0.15, 0.2) is 0 Å². The molecule has 4 rings (SSSR count). The summed E-state index contributed by atoms with van der Waals surface area (Å²) in [7, 11) is 0. The fraction of sp³-hybridized carbons (Fsp3) is 0.0690. The highest BCUT2D eigenvalue weighted by Gasteiger charge is 2.14. The van der Waals surface area contributed by atoms with E-state index in [1.165, 1.54) is 0 Å². The molecule has 4 aromatic rings. The van der Waals surface area contributed by atoms with E-state index in [-0.39, 0.29) is 17.7 Å². The Hall–Kier alpha value is -4.71. The second-order valence-electron chi connectivity index (χ2n) is 7.89. The van der Waals surface area contributed by atoms with Gasteiger partial charge in [-0.3, -0.25) is 14.4 Å². The predicted molar refractivity (Wildman–Crippen MR) is 138 cm³/mol. The van der Waals surface area contributed by atoms with Gasteiger partial charge in [0.1, 0.15) is 0 Å². The van der Waals surface area contributed by atoms with Crippen molar-refractivity contribution in [3.63, 3.8) is 0 Å². The number of hydrogen-bond donors (Lipinski definition) is 3. The maximum atomic E-state index is 12.8. The Morgan fingerprint density at radius 3 is 1.83 bits per heavy atom. The van der Waals surface area contributed by atoms with Crippen LogP contribution in [0.15, 0.2) is 109 Å². The van der Waals surface area contributed by atoms with Crippen LogP contribution in [0.4, 0.5) is 11.4 Å². The number of carbonyl (C=O) groups is 3. The highest BCUT2D eigenvalue weighted by atomic mass is 16.2. The van der Waals surface area contributed by atoms with Gasteiger partial charge in [-0.15, -0.1) is 0 Å². The Bertz CT molecular complexity index is 1300. The highest BCUT2D eigenvalue weighted by molar-refractivity contribution is 6.09. The van der Waals surface area contributed by atoms with E-state index in [0.29, 0.717) is 41.0 Å². The topological polar surface area (TPSA) is 87.3 Å². The SMILES string of the molecule is O=C(Nc1ccc(C(=O)Nc2ccccc2C(=O)NCCc2ccccc2)cc1)c1ccccc1. The molecule has 0 radical (unpaired) electrons. The third-order valence-electron chi connectivity index (χ3n) is 5.40. The van der Waals surface area contributed by atoms with E-state index in [9.17, 15) is 14.4 Å². The van der Waals surface area contributed by atoms with Crippen LogP contribution in [-0.2, 0) is 6.42 Å². The minimum atomic E-state index is -0.351. The summed E-state index contributed by atoms with van der Waals surface area (Å²) in [6.07, 6.45) is 0.717.